The van der Waals surface area contributed by atoms with E-state index in [0.717, 1.165) is 18.4 Å². The molecule has 0 aromatic rings. The Hall–Kier alpha value is -1.13. The van der Waals surface area contributed by atoms with E-state index >= 15 is 0 Å². The Balaban J connectivity index is 2.33. The molecule has 4 heteroatoms. The fourth-order valence-corrected chi connectivity index (χ4v) is 2.37. The van der Waals surface area contributed by atoms with Crippen molar-refractivity contribution in [2.45, 2.75) is 44.8 Å². The van der Waals surface area contributed by atoms with Gasteiger partial charge >= 0.3 is 5.97 Å². The van der Waals surface area contributed by atoms with Gasteiger partial charge < -0.3 is 14.6 Å². The molecule has 94 valence electrons. The minimum atomic E-state index is -0.614. The van der Waals surface area contributed by atoms with Crippen molar-refractivity contribution in [3.8, 4) is 0 Å². The van der Waals surface area contributed by atoms with Crippen LogP contribution >= 0.6 is 0 Å². The second-order valence-electron chi connectivity index (χ2n) is 4.40. The van der Waals surface area contributed by atoms with Gasteiger partial charge in [0.1, 0.15) is 11.9 Å². The summed E-state index contributed by atoms with van der Waals surface area (Å²) in [5.41, 5.74) is 1.43. The molecule has 0 fully saturated rings. The number of methoxy groups -OCH3 is 1. The molecule has 0 saturated carbocycles. The topological polar surface area (TPSA) is 55.8 Å². The number of cyclic esters (lactones) is 1. The van der Waals surface area contributed by atoms with E-state index in [2.05, 4.69) is 6.92 Å². The maximum atomic E-state index is 11.8. The second kappa shape index (κ2) is 5.02. The summed E-state index contributed by atoms with van der Waals surface area (Å²) >= 11 is 0. The minimum Gasteiger partial charge on any atom is -0.423 e. The molecule has 2 rings (SSSR count). The number of aliphatic hydroxyl groups is 1. The van der Waals surface area contributed by atoms with Crippen LogP contribution in [-0.2, 0) is 14.3 Å². The summed E-state index contributed by atoms with van der Waals surface area (Å²) in [6.07, 6.45) is 3.98. The van der Waals surface area contributed by atoms with Crippen molar-refractivity contribution < 1.29 is 19.4 Å². The number of carbonyl (C=O) groups excluding carboxylic acids is 1. The number of unbranched alkanes of at least 4 members (excludes halogenated alkanes) is 1. The van der Waals surface area contributed by atoms with Gasteiger partial charge in [0.05, 0.1) is 11.7 Å². The van der Waals surface area contributed by atoms with E-state index in [0.29, 0.717) is 24.2 Å². The third-order valence-corrected chi connectivity index (χ3v) is 3.24. The Morgan fingerprint density at radius 1 is 1.59 bits per heavy atom. The van der Waals surface area contributed by atoms with Crippen LogP contribution in [0.1, 0.15) is 32.6 Å². The molecule has 0 aromatic heterocycles. The summed E-state index contributed by atoms with van der Waals surface area (Å²) in [5.74, 6) is 0.300. The summed E-state index contributed by atoms with van der Waals surface area (Å²) in [6, 6.07) is 0. The SMILES string of the molecule is CCC/C=C1\OC(=O)C2=C1CCC(O)C2OC. The monoisotopic (exact) mass is 238 g/mol. The first kappa shape index (κ1) is 12.3. The molecule has 0 spiro atoms. The minimum absolute atomic E-state index is 0.368. The fourth-order valence-electron chi connectivity index (χ4n) is 2.37. The van der Waals surface area contributed by atoms with Gasteiger partial charge in [0.25, 0.3) is 0 Å². The smallest absolute Gasteiger partial charge is 0.342 e. The Morgan fingerprint density at radius 2 is 2.35 bits per heavy atom. The van der Waals surface area contributed by atoms with Gasteiger partial charge in [-0.05, 0) is 25.3 Å². The van der Waals surface area contributed by atoms with Crippen molar-refractivity contribution in [2.75, 3.05) is 7.11 Å². The molecule has 0 saturated heterocycles. The lowest BCUT2D eigenvalue weighted by molar-refractivity contribution is -0.135. The predicted molar refractivity (Wildman–Crippen MR) is 62.1 cm³/mol. The summed E-state index contributed by atoms with van der Waals surface area (Å²) in [4.78, 5) is 11.8. The van der Waals surface area contributed by atoms with Crippen molar-refractivity contribution >= 4 is 5.97 Å². The Kier molecular flexibility index (Phi) is 3.64. The lowest BCUT2D eigenvalue weighted by Crippen LogP contribution is -2.35. The summed E-state index contributed by atoms with van der Waals surface area (Å²) < 4.78 is 10.5. The molecule has 1 heterocycles. The van der Waals surface area contributed by atoms with Crippen molar-refractivity contribution in [2.24, 2.45) is 0 Å². The molecule has 2 atom stereocenters. The van der Waals surface area contributed by atoms with Crippen LogP contribution < -0.4 is 0 Å². The highest BCUT2D eigenvalue weighted by Gasteiger charge is 2.41. The van der Waals surface area contributed by atoms with Gasteiger partial charge in [0, 0.05) is 12.7 Å². The second-order valence-corrected chi connectivity index (χ2v) is 4.40. The van der Waals surface area contributed by atoms with Gasteiger partial charge in [-0.15, -0.1) is 0 Å². The lowest BCUT2D eigenvalue weighted by Gasteiger charge is -2.26. The number of aliphatic hydroxyl groups excluding tert-OH is 1. The molecular weight excluding hydrogens is 220 g/mol. The Bertz CT molecular complexity index is 381. The van der Waals surface area contributed by atoms with E-state index in [4.69, 9.17) is 9.47 Å². The first-order valence-corrected chi connectivity index (χ1v) is 6.05. The van der Waals surface area contributed by atoms with Gasteiger partial charge in [-0.2, -0.15) is 0 Å². The van der Waals surface area contributed by atoms with Gasteiger partial charge in [-0.1, -0.05) is 13.3 Å². The number of carbonyl (C=O) groups is 1. The molecule has 17 heavy (non-hydrogen) atoms. The zero-order valence-corrected chi connectivity index (χ0v) is 10.2. The first-order chi connectivity index (χ1) is 8.19. The van der Waals surface area contributed by atoms with Gasteiger partial charge in [-0.3, -0.25) is 0 Å². The lowest BCUT2D eigenvalue weighted by atomic mass is 9.87. The van der Waals surface area contributed by atoms with E-state index in [1.165, 1.54) is 7.11 Å². The normalized spacial score (nSPS) is 30.8. The van der Waals surface area contributed by atoms with E-state index in [1.807, 2.05) is 6.08 Å². The first-order valence-electron chi connectivity index (χ1n) is 6.05. The van der Waals surface area contributed by atoms with Crippen LogP contribution in [0.3, 0.4) is 0 Å². The van der Waals surface area contributed by atoms with Crippen LogP contribution in [0.15, 0.2) is 23.0 Å². The Labute approximate surface area is 101 Å². The third-order valence-electron chi connectivity index (χ3n) is 3.24. The molecule has 0 bridgehead atoms. The molecule has 1 N–H and O–H groups in total. The quantitative estimate of drug-likeness (QED) is 0.760. The maximum absolute atomic E-state index is 11.8. The van der Waals surface area contributed by atoms with E-state index in [1.54, 1.807) is 0 Å². The highest BCUT2D eigenvalue weighted by molar-refractivity contribution is 5.96. The maximum Gasteiger partial charge on any atom is 0.342 e. The summed E-state index contributed by atoms with van der Waals surface area (Å²) in [5, 5.41) is 9.81. The number of hydrogen-bond acceptors (Lipinski definition) is 4. The van der Waals surface area contributed by atoms with Crippen LogP contribution in [0.2, 0.25) is 0 Å². The molecule has 4 nitrogen and oxygen atoms in total. The van der Waals surface area contributed by atoms with Gasteiger partial charge in [0.15, 0.2) is 0 Å². The van der Waals surface area contributed by atoms with E-state index < -0.39 is 12.2 Å². The van der Waals surface area contributed by atoms with Crippen LogP contribution in [0.5, 0.6) is 0 Å². The Morgan fingerprint density at radius 3 is 3.00 bits per heavy atom. The number of esters is 1. The van der Waals surface area contributed by atoms with Crippen LogP contribution in [-0.4, -0.2) is 30.4 Å². The van der Waals surface area contributed by atoms with Crippen LogP contribution in [0.25, 0.3) is 0 Å². The zero-order valence-electron chi connectivity index (χ0n) is 10.2. The number of rotatable bonds is 3. The van der Waals surface area contributed by atoms with Crippen LogP contribution in [0.4, 0.5) is 0 Å². The van der Waals surface area contributed by atoms with Crippen molar-refractivity contribution in [3.63, 3.8) is 0 Å². The fraction of sp³-hybridized carbons (Fsp3) is 0.615. The summed E-state index contributed by atoms with van der Waals surface area (Å²) in [7, 11) is 1.50. The number of allylic oxidation sites excluding steroid dienone is 2. The van der Waals surface area contributed by atoms with Crippen molar-refractivity contribution in [3.05, 3.63) is 23.0 Å². The molecule has 2 aliphatic rings. The van der Waals surface area contributed by atoms with Gasteiger partial charge in [-0.25, -0.2) is 4.79 Å². The number of ether oxygens (including phenoxy) is 2. The largest absolute Gasteiger partial charge is 0.423 e. The standard InChI is InChI=1S/C13H18O4/c1-3-4-5-10-8-6-7-9(14)12(16-2)11(8)13(15)17-10/h5,9,12,14H,3-4,6-7H2,1-2H3/b10-5-. The predicted octanol–water partition coefficient (Wildman–Crippen LogP) is 1.69. The summed E-state index contributed by atoms with van der Waals surface area (Å²) in [6.45, 7) is 2.08. The highest BCUT2D eigenvalue weighted by atomic mass is 16.5. The molecule has 0 aromatic carbocycles. The van der Waals surface area contributed by atoms with Gasteiger partial charge in [0.2, 0.25) is 0 Å². The molecule has 1 aliphatic heterocycles. The average Bonchev–Trinajstić information content (AvgIpc) is 2.64. The molecular formula is C13H18O4. The highest BCUT2D eigenvalue weighted by Crippen LogP contribution is 2.38. The molecule has 2 unspecified atom stereocenters. The average molecular weight is 238 g/mol. The molecule has 0 radical (unpaired) electrons. The number of hydrogen-bond donors (Lipinski definition) is 1. The van der Waals surface area contributed by atoms with Crippen molar-refractivity contribution in [1.29, 1.82) is 0 Å². The van der Waals surface area contributed by atoms with Crippen LogP contribution in [0, 0.1) is 0 Å². The van der Waals surface area contributed by atoms with E-state index in [9.17, 15) is 9.90 Å². The van der Waals surface area contributed by atoms with Crippen molar-refractivity contribution in [1.82, 2.24) is 0 Å². The zero-order chi connectivity index (χ0) is 12.4. The molecule has 0 amide bonds. The third kappa shape index (κ3) is 2.15. The van der Waals surface area contributed by atoms with E-state index in [-0.39, 0.29) is 5.97 Å². The molecule has 1 aliphatic carbocycles.